The number of nitrogens with one attached hydrogen (secondary N) is 1. The summed E-state index contributed by atoms with van der Waals surface area (Å²) in [6, 6.07) is 8.62. The number of fused-ring (bicyclic) bond motifs is 1. The standard InChI is InChI=1S/C15H8F3N3O4/c16-15(17,18)25-10-3-1-2-8(6-10)13-11-5-4-9(21(23)24)7-12(11)14(22)20-19-13/h1-7H,(H,20,22). The number of aromatic nitrogens is 2. The normalized spacial score (nSPS) is 11.5. The molecule has 0 fully saturated rings. The number of benzene rings is 2. The lowest BCUT2D eigenvalue weighted by atomic mass is 10.0. The van der Waals surface area contributed by atoms with Gasteiger partial charge in [-0.1, -0.05) is 12.1 Å². The Morgan fingerprint density at radius 3 is 2.56 bits per heavy atom. The zero-order valence-electron chi connectivity index (χ0n) is 12.2. The summed E-state index contributed by atoms with van der Waals surface area (Å²) in [6.45, 7) is 0. The third-order valence-electron chi connectivity index (χ3n) is 3.32. The summed E-state index contributed by atoms with van der Waals surface area (Å²) in [5.74, 6) is -0.451. The number of nitro benzene ring substituents is 1. The first-order chi connectivity index (χ1) is 11.7. The second-order valence-corrected chi connectivity index (χ2v) is 4.96. The molecule has 0 saturated carbocycles. The molecule has 0 atom stereocenters. The number of aromatic amines is 1. The van der Waals surface area contributed by atoms with Gasteiger partial charge >= 0.3 is 6.36 Å². The van der Waals surface area contributed by atoms with Gasteiger partial charge in [-0.25, -0.2) is 5.10 Å². The first kappa shape index (κ1) is 16.4. The van der Waals surface area contributed by atoms with E-state index in [-0.39, 0.29) is 27.7 Å². The molecule has 1 aromatic heterocycles. The van der Waals surface area contributed by atoms with Crippen LogP contribution in [0.4, 0.5) is 18.9 Å². The summed E-state index contributed by atoms with van der Waals surface area (Å²) in [4.78, 5) is 22.1. The zero-order chi connectivity index (χ0) is 18.2. The van der Waals surface area contributed by atoms with Gasteiger partial charge in [0.25, 0.3) is 11.2 Å². The third-order valence-corrected chi connectivity index (χ3v) is 3.32. The highest BCUT2D eigenvalue weighted by Gasteiger charge is 2.31. The number of nitro groups is 1. The van der Waals surface area contributed by atoms with Crippen molar-refractivity contribution in [3.05, 3.63) is 62.9 Å². The van der Waals surface area contributed by atoms with Crippen LogP contribution in [-0.4, -0.2) is 21.5 Å². The van der Waals surface area contributed by atoms with Gasteiger partial charge in [0, 0.05) is 23.1 Å². The molecule has 0 unspecified atom stereocenters. The second kappa shape index (κ2) is 5.89. The molecule has 0 spiro atoms. The van der Waals surface area contributed by atoms with Gasteiger partial charge in [0.1, 0.15) is 5.75 Å². The molecule has 1 N–H and O–H groups in total. The molecule has 0 aliphatic rings. The number of hydrogen-bond donors (Lipinski definition) is 1. The summed E-state index contributed by atoms with van der Waals surface area (Å²) in [5.41, 5.74) is -0.525. The molecule has 128 valence electrons. The van der Waals surface area contributed by atoms with Crippen molar-refractivity contribution in [3.8, 4) is 17.0 Å². The molecule has 10 heteroatoms. The van der Waals surface area contributed by atoms with Crippen LogP contribution < -0.4 is 10.3 Å². The molecule has 0 saturated heterocycles. The van der Waals surface area contributed by atoms with E-state index in [4.69, 9.17) is 0 Å². The zero-order valence-corrected chi connectivity index (χ0v) is 12.2. The van der Waals surface area contributed by atoms with E-state index in [9.17, 15) is 28.1 Å². The number of H-pyrrole nitrogens is 1. The fourth-order valence-corrected chi connectivity index (χ4v) is 2.33. The largest absolute Gasteiger partial charge is 0.573 e. The average Bonchev–Trinajstić information content (AvgIpc) is 2.53. The molecule has 7 nitrogen and oxygen atoms in total. The van der Waals surface area contributed by atoms with Crippen molar-refractivity contribution in [1.29, 1.82) is 0 Å². The van der Waals surface area contributed by atoms with Crippen molar-refractivity contribution in [1.82, 2.24) is 10.2 Å². The maximum Gasteiger partial charge on any atom is 0.573 e. The number of halogens is 3. The summed E-state index contributed by atoms with van der Waals surface area (Å²) in [7, 11) is 0. The fourth-order valence-electron chi connectivity index (χ4n) is 2.33. The molecule has 0 aliphatic carbocycles. The number of hydrogen-bond acceptors (Lipinski definition) is 5. The summed E-state index contributed by atoms with van der Waals surface area (Å²) < 4.78 is 40.9. The smallest absolute Gasteiger partial charge is 0.406 e. The van der Waals surface area contributed by atoms with Gasteiger partial charge in [0.2, 0.25) is 0 Å². The number of ether oxygens (including phenoxy) is 1. The highest BCUT2D eigenvalue weighted by Crippen LogP contribution is 2.30. The molecule has 0 aliphatic heterocycles. The average molecular weight is 351 g/mol. The Morgan fingerprint density at radius 1 is 1.12 bits per heavy atom. The molecule has 3 aromatic rings. The van der Waals surface area contributed by atoms with Crippen LogP contribution in [0.1, 0.15) is 0 Å². The van der Waals surface area contributed by atoms with E-state index in [1.807, 2.05) is 0 Å². The second-order valence-electron chi connectivity index (χ2n) is 4.96. The van der Waals surface area contributed by atoms with Gasteiger partial charge in [-0.3, -0.25) is 14.9 Å². The van der Waals surface area contributed by atoms with Crippen molar-refractivity contribution >= 4 is 16.5 Å². The molecule has 3 rings (SSSR count). The number of non-ortho nitro benzene ring substituents is 1. The van der Waals surface area contributed by atoms with Gasteiger partial charge in [-0.15, -0.1) is 13.2 Å². The van der Waals surface area contributed by atoms with Crippen LogP contribution in [0.15, 0.2) is 47.3 Å². The maximum absolute atomic E-state index is 12.4. The Hall–Kier alpha value is -3.43. The van der Waals surface area contributed by atoms with Crippen molar-refractivity contribution in [3.63, 3.8) is 0 Å². The first-order valence-corrected chi connectivity index (χ1v) is 6.77. The van der Waals surface area contributed by atoms with E-state index >= 15 is 0 Å². The third kappa shape index (κ3) is 3.42. The predicted molar refractivity (Wildman–Crippen MR) is 81.1 cm³/mol. The van der Waals surface area contributed by atoms with Crippen LogP contribution in [0.5, 0.6) is 5.75 Å². The van der Waals surface area contributed by atoms with E-state index in [1.54, 1.807) is 0 Å². The molecule has 0 bridgehead atoms. The molecule has 2 aromatic carbocycles. The minimum absolute atomic E-state index is 0.00124. The fraction of sp³-hybridized carbons (Fsp3) is 0.0667. The SMILES string of the molecule is O=c1[nH]nc(-c2cccc(OC(F)(F)F)c2)c2ccc([N+](=O)[O-])cc12. The van der Waals surface area contributed by atoms with E-state index in [2.05, 4.69) is 14.9 Å². The number of nitrogens with zero attached hydrogens (tertiary/aromatic N) is 2. The van der Waals surface area contributed by atoms with Gasteiger partial charge in [0.15, 0.2) is 0 Å². The molecule has 0 radical (unpaired) electrons. The van der Waals surface area contributed by atoms with E-state index < -0.39 is 22.6 Å². The van der Waals surface area contributed by atoms with Crippen LogP contribution in [0, 0.1) is 10.1 Å². The number of alkyl halides is 3. The Kier molecular flexibility index (Phi) is 3.87. The molecule has 1 heterocycles. The lowest BCUT2D eigenvalue weighted by molar-refractivity contribution is -0.384. The Morgan fingerprint density at radius 2 is 1.88 bits per heavy atom. The first-order valence-electron chi connectivity index (χ1n) is 6.77. The predicted octanol–water partition coefficient (Wildman–Crippen LogP) is 3.40. The van der Waals surface area contributed by atoms with Crippen molar-refractivity contribution < 1.29 is 22.8 Å². The quantitative estimate of drug-likeness (QED) is 0.576. The van der Waals surface area contributed by atoms with Crippen LogP contribution in [0.25, 0.3) is 22.0 Å². The van der Waals surface area contributed by atoms with Crippen molar-refractivity contribution in [2.24, 2.45) is 0 Å². The van der Waals surface area contributed by atoms with Crippen LogP contribution >= 0.6 is 0 Å². The lowest BCUT2D eigenvalue weighted by Gasteiger charge is -2.10. The van der Waals surface area contributed by atoms with Crippen LogP contribution in [-0.2, 0) is 0 Å². The van der Waals surface area contributed by atoms with Crippen molar-refractivity contribution in [2.75, 3.05) is 0 Å². The van der Waals surface area contributed by atoms with E-state index in [0.29, 0.717) is 0 Å². The molecular weight excluding hydrogens is 343 g/mol. The highest BCUT2D eigenvalue weighted by molar-refractivity contribution is 5.95. The topological polar surface area (TPSA) is 98.1 Å². The summed E-state index contributed by atoms with van der Waals surface area (Å²) >= 11 is 0. The van der Waals surface area contributed by atoms with Gasteiger partial charge in [-0.05, 0) is 18.2 Å². The van der Waals surface area contributed by atoms with Gasteiger partial charge < -0.3 is 4.74 Å². The summed E-state index contributed by atoms with van der Waals surface area (Å²) in [6.07, 6.45) is -4.85. The van der Waals surface area contributed by atoms with Crippen LogP contribution in [0.2, 0.25) is 0 Å². The highest BCUT2D eigenvalue weighted by atomic mass is 19.4. The molecule has 0 amide bonds. The van der Waals surface area contributed by atoms with E-state index in [0.717, 1.165) is 18.2 Å². The van der Waals surface area contributed by atoms with Crippen molar-refractivity contribution in [2.45, 2.75) is 6.36 Å². The van der Waals surface area contributed by atoms with Gasteiger partial charge in [0.05, 0.1) is 16.0 Å². The monoisotopic (exact) mass is 351 g/mol. The minimum Gasteiger partial charge on any atom is -0.406 e. The Labute approximate surface area is 136 Å². The lowest BCUT2D eigenvalue weighted by Crippen LogP contribution is -2.17. The van der Waals surface area contributed by atoms with E-state index in [1.165, 1.54) is 24.3 Å². The molecule has 25 heavy (non-hydrogen) atoms. The summed E-state index contributed by atoms with van der Waals surface area (Å²) in [5, 5.41) is 17.1. The van der Waals surface area contributed by atoms with Gasteiger partial charge in [-0.2, -0.15) is 5.10 Å². The minimum atomic E-state index is -4.85. The number of rotatable bonds is 3. The molecular formula is C15H8F3N3O4. The Balaban J connectivity index is 2.16. The van der Waals surface area contributed by atoms with Crippen LogP contribution in [0.3, 0.4) is 0 Å². The maximum atomic E-state index is 12.4. The Bertz CT molecular complexity index is 1030.